The van der Waals surface area contributed by atoms with Crippen molar-refractivity contribution < 1.29 is 17.6 Å². The van der Waals surface area contributed by atoms with Crippen LogP contribution in [0.25, 0.3) is 5.57 Å². The fourth-order valence-electron chi connectivity index (χ4n) is 4.51. The molecule has 0 amide bonds. The molecule has 0 N–H and O–H groups in total. The highest BCUT2D eigenvalue weighted by atomic mass is 19.3. The molecule has 4 heteroatoms. The van der Waals surface area contributed by atoms with Crippen LogP contribution >= 0.6 is 0 Å². The summed E-state index contributed by atoms with van der Waals surface area (Å²) >= 11 is 0. The van der Waals surface area contributed by atoms with Crippen LogP contribution in [0.15, 0.2) is 42.0 Å². The molecular formula is C23H28F4. The van der Waals surface area contributed by atoms with Crippen molar-refractivity contribution in [2.75, 3.05) is 0 Å². The summed E-state index contributed by atoms with van der Waals surface area (Å²) in [5.41, 5.74) is 0.194. The summed E-state index contributed by atoms with van der Waals surface area (Å²) < 4.78 is 57.3. The maximum Gasteiger partial charge on any atom is 0.339 e. The fraction of sp³-hybridized carbons (Fsp3) is 0.565. The lowest BCUT2D eigenvalue weighted by Crippen LogP contribution is -2.44. The lowest BCUT2D eigenvalue weighted by atomic mass is 9.77. The Labute approximate surface area is 159 Å². The highest BCUT2D eigenvalue weighted by Gasteiger charge is 2.61. The molecule has 1 aromatic carbocycles. The molecule has 0 bridgehead atoms. The molecule has 0 aromatic heterocycles. The second kappa shape index (κ2) is 7.81. The molecule has 148 valence electrons. The molecule has 0 spiro atoms. The van der Waals surface area contributed by atoms with Gasteiger partial charge < -0.3 is 0 Å². The van der Waals surface area contributed by atoms with E-state index in [4.69, 9.17) is 0 Å². The first kappa shape index (κ1) is 20.2. The van der Waals surface area contributed by atoms with E-state index in [-0.39, 0.29) is 12.0 Å². The van der Waals surface area contributed by atoms with Gasteiger partial charge in [0.25, 0.3) is 0 Å². The first-order valence-electron chi connectivity index (χ1n) is 10.1. The SMILES string of the molecule is CCCC1CCC(c2ccc(C3=CC=C(CC)C(F)(F)C3(F)F)cc2)CC1. The van der Waals surface area contributed by atoms with E-state index >= 15 is 0 Å². The van der Waals surface area contributed by atoms with Crippen molar-refractivity contribution in [3.63, 3.8) is 0 Å². The second-order valence-corrected chi connectivity index (χ2v) is 7.90. The summed E-state index contributed by atoms with van der Waals surface area (Å²) in [6.07, 6.45) is 9.35. The van der Waals surface area contributed by atoms with Gasteiger partial charge in [0.05, 0.1) is 0 Å². The van der Waals surface area contributed by atoms with Crippen molar-refractivity contribution in [1.82, 2.24) is 0 Å². The third-order valence-corrected chi connectivity index (χ3v) is 6.20. The van der Waals surface area contributed by atoms with Crippen LogP contribution in [0, 0.1) is 5.92 Å². The predicted octanol–water partition coefficient (Wildman–Crippen LogP) is 7.76. The van der Waals surface area contributed by atoms with Crippen LogP contribution in [-0.4, -0.2) is 11.8 Å². The summed E-state index contributed by atoms with van der Waals surface area (Å²) in [7, 11) is 0. The molecule has 1 saturated carbocycles. The minimum atomic E-state index is -4.19. The molecular weight excluding hydrogens is 352 g/mol. The van der Waals surface area contributed by atoms with E-state index < -0.39 is 23.0 Å². The standard InChI is InChI=1S/C23H28F4/c1-3-5-16-6-8-17(9-7-16)18-10-12-19(13-11-18)21-15-14-20(4-2)22(24,25)23(21,26)27/h10-17H,3-9H2,1-2H3. The Bertz CT molecular complexity index is 704. The van der Waals surface area contributed by atoms with Crippen LogP contribution < -0.4 is 0 Å². The van der Waals surface area contributed by atoms with Gasteiger partial charge in [0.2, 0.25) is 0 Å². The van der Waals surface area contributed by atoms with Crippen LogP contribution in [0.3, 0.4) is 0 Å². The Balaban J connectivity index is 1.78. The predicted molar refractivity (Wildman–Crippen MR) is 102 cm³/mol. The maximum absolute atomic E-state index is 14.5. The molecule has 2 aliphatic carbocycles. The molecule has 0 aliphatic heterocycles. The van der Waals surface area contributed by atoms with Crippen molar-refractivity contribution in [1.29, 1.82) is 0 Å². The third-order valence-electron chi connectivity index (χ3n) is 6.20. The van der Waals surface area contributed by atoms with E-state index in [0.29, 0.717) is 5.92 Å². The summed E-state index contributed by atoms with van der Waals surface area (Å²) in [6, 6.07) is 6.84. The molecule has 1 fully saturated rings. The summed E-state index contributed by atoms with van der Waals surface area (Å²) in [5.74, 6) is -7.07. The monoisotopic (exact) mass is 380 g/mol. The van der Waals surface area contributed by atoms with Crippen LogP contribution in [0.5, 0.6) is 0 Å². The number of allylic oxidation sites excluding steroid dienone is 4. The van der Waals surface area contributed by atoms with Crippen molar-refractivity contribution in [3.05, 3.63) is 53.1 Å². The zero-order valence-corrected chi connectivity index (χ0v) is 16.1. The van der Waals surface area contributed by atoms with Gasteiger partial charge in [-0.3, -0.25) is 0 Å². The summed E-state index contributed by atoms with van der Waals surface area (Å²) in [6.45, 7) is 3.68. The Kier molecular flexibility index (Phi) is 5.83. The number of rotatable bonds is 5. The Morgan fingerprint density at radius 3 is 2.04 bits per heavy atom. The molecule has 0 atom stereocenters. The topological polar surface area (TPSA) is 0 Å². The van der Waals surface area contributed by atoms with Gasteiger partial charge in [-0.2, -0.15) is 17.6 Å². The molecule has 3 rings (SSSR count). The van der Waals surface area contributed by atoms with E-state index in [1.807, 2.05) is 12.1 Å². The van der Waals surface area contributed by atoms with Gasteiger partial charge in [0.1, 0.15) is 0 Å². The van der Waals surface area contributed by atoms with Gasteiger partial charge in [0, 0.05) is 11.1 Å². The van der Waals surface area contributed by atoms with Crippen molar-refractivity contribution in [2.24, 2.45) is 5.92 Å². The fourth-order valence-corrected chi connectivity index (χ4v) is 4.51. The Hall–Kier alpha value is -1.58. The third kappa shape index (κ3) is 3.72. The molecule has 0 heterocycles. The second-order valence-electron chi connectivity index (χ2n) is 7.90. The number of hydrogen-bond donors (Lipinski definition) is 0. The first-order valence-corrected chi connectivity index (χ1v) is 10.1. The maximum atomic E-state index is 14.5. The largest absolute Gasteiger partial charge is 0.339 e. The minimum absolute atomic E-state index is 0.0913. The van der Waals surface area contributed by atoms with Crippen LogP contribution in [0.1, 0.15) is 75.8 Å². The van der Waals surface area contributed by atoms with Crippen molar-refractivity contribution in [3.8, 4) is 0 Å². The van der Waals surface area contributed by atoms with Gasteiger partial charge in [-0.05, 0) is 55.1 Å². The number of benzene rings is 1. The van der Waals surface area contributed by atoms with Gasteiger partial charge >= 0.3 is 11.8 Å². The Morgan fingerprint density at radius 2 is 1.48 bits per heavy atom. The lowest BCUT2D eigenvalue weighted by Gasteiger charge is -2.33. The van der Waals surface area contributed by atoms with E-state index in [1.54, 1.807) is 12.1 Å². The minimum Gasteiger partial charge on any atom is -0.194 e. The van der Waals surface area contributed by atoms with Gasteiger partial charge in [-0.15, -0.1) is 0 Å². The number of halogens is 4. The Morgan fingerprint density at radius 1 is 0.852 bits per heavy atom. The van der Waals surface area contributed by atoms with E-state index in [1.165, 1.54) is 32.6 Å². The van der Waals surface area contributed by atoms with Crippen LogP contribution in [0.4, 0.5) is 17.6 Å². The molecule has 1 aromatic rings. The zero-order valence-electron chi connectivity index (χ0n) is 16.1. The smallest absolute Gasteiger partial charge is 0.194 e. The van der Waals surface area contributed by atoms with E-state index in [9.17, 15) is 17.6 Å². The molecule has 0 unspecified atom stereocenters. The summed E-state index contributed by atoms with van der Waals surface area (Å²) in [5, 5.41) is 0. The molecule has 0 nitrogen and oxygen atoms in total. The molecule has 27 heavy (non-hydrogen) atoms. The van der Waals surface area contributed by atoms with Crippen LogP contribution in [0.2, 0.25) is 0 Å². The zero-order chi connectivity index (χ0) is 19.7. The van der Waals surface area contributed by atoms with Crippen molar-refractivity contribution >= 4 is 5.57 Å². The average molecular weight is 380 g/mol. The summed E-state index contributed by atoms with van der Waals surface area (Å²) in [4.78, 5) is 0. The van der Waals surface area contributed by atoms with Crippen LogP contribution in [-0.2, 0) is 0 Å². The molecule has 2 aliphatic rings. The van der Waals surface area contributed by atoms with E-state index in [0.717, 1.165) is 36.5 Å². The highest BCUT2D eigenvalue weighted by Crippen LogP contribution is 2.51. The lowest BCUT2D eigenvalue weighted by molar-refractivity contribution is -0.149. The van der Waals surface area contributed by atoms with Gasteiger partial charge in [-0.25, -0.2) is 0 Å². The number of alkyl halides is 4. The van der Waals surface area contributed by atoms with E-state index in [2.05, 4.69) is 6.92 Å². The molecule has 0 saturated heterocycles. The van der Waals surface area contributed by atoms with Crippen molar-refractivity contribution in [2.45, 2.75) is 76.6 Å². The normalized spacial score (nSPS) is 27.0. The quantitative estimate of drug-likeness (QED) is 0.458. The average Bonchev–Trinajstić information content (AvgIpc) is 2.65. The molecule has 0 radical (unpaired) electrons. The van der Waals surface area contributed by atoms with Gasteiger partial charge in [0.15, 0.2) is 0 Å². The first-order chi connectivity index (χ1) is 12.8. The number of hydrogen-bond acceptors (Lipinski definition) is 0. The highest BCUT2D eigenvalue weighted by molar-refractivity contribution is 5.76. The van der Waals surface area contributed by atoms with Gasteiger partial charge in [-0.1, -0.05) is 63.1 Å².